The van der Waals surface area contributed by atoms with Crippen molar-refractivity contribution < 1.29 is 0 Å². The first kappa shape index (κ1) is 13.7. The van der Waals surface area contributed by atoms with E-state index in [0.717, 1.165) is 18.1 Å². The van der Waals surface area contributed by atoms with E-state index in [-0.39, 0.29) is 0 Å². The lowest BCUT2D eigenvalue weighted by Crippen LogP contribution is -2.57. The molecule has 1 saturated heterocycles. The van der Waals surface area contributed by atoms with Crippen LogP contribution in [0.25, 0.3) is 0 Å². The molecule has 0 radical (unpaired) electrons. The van der Waals surface area contributed by atoms with Crippen molar-refractivity contribution in [1.29, 1.82) is 0 Å². The quantitative estimate of drug-likeness (QED) is 0.905. The number of nitrogens with one attached hydrogen (secondary N) is 1. The second-order valence-corrected chi connectivity index (χ2v) is 5.57. The SMILES string of the molecule is CN[C@@H]1CCN(c2ccc(Cl)cc2)C[C@@H]1N(C)C. The average molecular weight is 268 g/mol. The molecule has 100 valence electrons. The number of hydrogen-bond acceptors (Lipinski definition) is 3. The second kappa shape index (κ2) is 5.91. The van der Waals surface area contributed by atoms with E-state index >= 15 is 0 Å². The fourth-order valence-corrected chi connectivity index (χ4v) is 2.80. The first-order chi connectivity index (χ1) is 8.61. The maximum Gasteiger partial charge on any atom is 0.0419 e. The third-order valence-electron chi connectivity index (χ3n) is 3.81. The Bertz CT molecular complexity index is 377. The van der Waals surface area contributed by atoms with E-state index in [1.807, 2.05) is 12.1 Å². The molecule has 3 nitrogen and oxygen atoms in total. The Morgan fingerprint density at radius 3 is 2.50 bits per heavy atom. The summed E-state index contributed by atoms with van der Waals surface area (Å²) in [5.41, 5.74) is 1.26. The predicted octanol–water partition coefficient (Wildman–Crippen LogP) is 2.07. The fraction of sp³-hybridized carbons (Fsp3) is 0.571. The van der Waals surface area contributed by atoms with E-state index in [1.54, 1.807) is 0 Å². The van der Waals surface area contributed by atoms with Gasteiger partial charge in [0.2, 0.25) is 0 Å². The maximum absolute atomic E-state index is 5.94. The normalized spacial score (nSPS) is 24.6. The predicted molar refractivity (Wildman–Crippen MR) is 78.6 cm³/mol. The van der Waals surface area contributed by atoms with Crippen molar-refractivity contribution in [3.63, 3.8) is 0 Å². The number of benzene rings is 1. The molecule has 0 saturated carbocycles. The van der Waals surface area contributed by atoms with Gasteiger partial charge >= 0.3 is 0 Å². The molecule has 0 amide bonds. The van der Waals surface area contributed by atoms with Crippen molar-refractivity contribution >= 4 is 17.3 Å². The molecule has 1 heterocycles. The molecule has 1 aliphatic rings. The highest BCUT2D eigenvalue weighted by molar-refractivity contribution is 6.30. The number of piperidine rings is 1. The molecule has 1 aromatic carbocycles. The first-order valence-corrected chi connectivity index (χ1v) is 6.84. The van der Waals surface area contributed by atoms with E-state index in [4.69, 9.17) is 11.6 Å². The van der Waals surface area contributed by atoms with E-state index in [9.17, 15) is 0 Å². The highest BCUT2D eigenvalue weighted by atomic mass is 35.5. The van der Waals surface area contributed by atoms with Crippen LogP contribution in [0.5, 0.6) is 0 Å². The van der Waals surface area contributed by atoms with Gasteiger partial charge in [-0.05, 0) is 51.8 Å². The number of likely N-dealkylation sites (N-methyl/N-ethyl adjacent to an activating group) is 2. The Kier molecular flexibility index (Phi) is 4.49. The number of rotatable bonds is 3. The van der Waals surface area contributed by atoms with Crippen LogP contribution in [0, 0.1) is 0 Å². The van der Waals surface area contributed by atoms with Crippen LogP contribution < -0.4 is 10.2 Å². The smallest absolute Gasteiger partial charge is 0.0419 e. The van der Waals surface area contributed by atoms with Crippen molar-refractivity contribution in [2.24, 2.45) is 0 Å². The van der Waals surface area contributed by atoms with E-state index in [2.05, 4.69) is 48.4 Å². The molecule has 1 N–H and O–H groups in total. The standard InChI is InChI=1S/C14H22ClN3/c1-16-13-8-9-18(10-14(13)17(2)3)12-6-4-11(15)5-7-12/h4-7,13-14,16H,8-10H2,1-3H3/t13-,14+/m1/s1. The van der Waals surface area contributed by atoms with Crippen LogP contribution >= 0.6 is 11.6 Å². The molecule has 1 aliphatic heterocycles. The van der Waals surface area contributed by atoms with Gasteiger partial charge in [0.05, 0.1) is 0 Å². The van der Waals surface area contributed by atoms with Gasteiger partial charge in [-0.1, -0.05) is 11.6 Å². The van der Waals surface area contributed by atoms with Gasteiger partial charge in [0.1, 0.15) is 0 Å². The monoisotopic (exact) mass is 267 g/mol. The molecule has 18 heavy (non-hydrogen) atoms. The van der Waals surface area contributed by atoms with Gasteiger partial charge in [0.15, 0.2) is 0 Å². The first-order valence-electron chi connectivity index (χ1n) is 6.46. The maximum atomic E-state index is 5.94. The highest BCUT2D eigenvalue weighted by Crippen LogP contribution is 2.23. The zero-order valence-electron chi connectivity index (χ0n) is 11.4. The molecule has 0 spiro atoms. The molecule has 0 bridgehead atoms. The minimum absolute atomic E-state index is 0.541. The van der Waals surface area contributed by atoms with Crippen LogP contribution in [0.4, 0.5) is 5.69 Å². The summed E-state index contributed by atoms with van der Waals surface area (Å²) in [4.78, 5) is 4.75. The summed E-state index contributed by atoms with van der Waals surface area (Å²) in [5.74, 6) is 0. The molecular formula is C14H22ClN3. The molecule has 0 aliphatic carbocycles. The Morgan fingerprint density at radius 1 is 1.28 bits per heavy atom. The number of anilines is 1. The minimum Gasteiger partial charge on any atom is -0.370 e. The topological polar surface area (TPSA) is 18.5 Å². The summed E-state index contributed by atoms with van der Waals surface area (Å²) >= 11 is 5.94. The molecule has 0 unspecified atom stereocenters. The third kappa shape index (κ3) is 2.97. The van der Waals surface area contributed by atoms with Gasteiger partial charge in [-0.2, -0.15) is 0 Å². The Morgan fingerprint density at radius 2 is 1.94 bits per heavy atom. The summed E-state index contributed by atoms with van der Waals surface area (Å²) in [6.07, 6.45) is 1.17. The lowest BCUT2D eigenvalue weighted by molar-refractivity contribution is 0.210. The van der Waals surface area contributed by atoms with Crippen LogP contribution in [-0.4, -0.2) is 51.2 Å². The lowest BCUT2D eigenvalue weighted by atomic mass is 9.98. The third-order valence-corrected chi connectivity index (χ3v) is 4.06. The van der Waals surface area contributed by atoms with Crippen LogP contribution in [0.3, 0.4) is 0 Å². The van der Waals surface area contributed by atoms with Gasteiger partial charge in [-0.3, -0.25) is 0 Å². The number of nitrogens with zero attached hydrogens (tertiary/aromatic N) is 2. The minimum atomic E-state index is 0.541. The molecule has 2 atom stereocenters. The number of halogens is 1. The zero-order valence-corrected chi connectivity index (χ0v) is 12.1. The van der Waals surface area contributed by atoms with E-state index in [0.29, 0.717) is 12.1 Å². The van der Waals surface area contributed by atoms with Gasteiger partial charge in [0.25, 0.3) is 0 Å². The second-order valence-electron chi connectivity index (χ2n) is 5.14. The van der Waals surface area contributed by atoms with Gasteiger partial charge in [0, 0.05) is 35.9 Å². The van der Waals surface area contributed by atoms with Gasteiger partial charge in [-0.25, -0.2) is 0 Å². The summed E-state index contributed by atoms with van der Waals surface area (Å²) in [5, 5.41) is 4.23. The van der Waals surface area contributed by atoms with Crippen LogP contribution in [0.2, 0.25) is 5.02 Å². The highest BCUT2D eigenvalue weighted by Gasteiger charge is 2.29. The Labute approximate surface area is 115 Å². The van der Waals surface area contributed by atoms with Crippen LogP contribution in [0.1, 0.15) is 6.42 Å². The van der Waals surface area contributed by atoms with Crippen molar-refractivity contribution in [2.75, 3.05) is 39.1 Å². The van der Waals surface area contributed by atoms with E-state index < -0.39 is 0 Å². The average Bonchev–Trinajstić information content (AvgIpc) is 2.39. The zero-order chi connectivity index (χ0) is 13.1. The van der Waals surface area contributed by atoms with Crippen molar-refractivity contribution in [3.05, 3.63) is 29.3 Å². The molecular weight excluding hydrogens is 246 g/mol. The molecule has 1 fully saturated rings. The van der Waals surface area contributed by atoms with Crippen molar-refractivity contribution in [3.8, 4) is 0 Å². The van der Waals surface area contributed by atoms with Gasteiger partial charge < -0.3 is 15.1 Å². The van der Waals surface area contributed by atoms with Gasteiger partial charge in [-0.15, -0.1) is 0 Å². The van der Waals surface area contributed by atoms with Crippen molar-refractivity contribution in [1.82, 2.24) is 10.2 Å². The van der Waals surface area contributed by atoms with Crippen LogP contribution in [-0.2, 0) is 0 Å². The molecule has 1 aromatic rings. The van der Waals surface area contributed by atoms with Crippen LogP contribution in [0.15, 0.2) is 24.3 Å². The molecule has 0 aromatic heterocycles. The Balaban J connectivity index is 2.10. The lowest BCUT2D eigenvalue weighted by Gasteiger charge is -2.42. The number of hydrogen-bond donors (Lipinski definition) is 1. The summed E-state index contributed by atoms with van der Waals surface area (Å²) < 4.78 is 0. The molecule has 2 rings (SSSR count). The summed E-state index contributed by atoms with van der Waals surface area (Å²) in [6.45, 7) is 2.15. The summed E-state index contributed by atoms with van der Waals surface area (Å²) in [7, 11) is 6.36. The fourth-order valence-electron chi connectivity index (χ4n) is 2.68. The Hall–Kier alpha value is -0.770. The van der Waals surface area contributed by atoms with E-state index in [1.165, 1.54) is 12.1 Å². The largest absolute Gasteiger partial charge is 0.370 e. The summed E-state index contributed by atoms with van der Waals surface area (Å²) in [6, 6.07) is 9.25. The molecule has 4 heteroatoms. The van der Waals surface area contributed by atoms with Crippen molar-refractivity contribution in [2.45, 2.75) is 18.5 Å².